The molecule has 0 saturated heterocycles. The average Bonchev–Trinajstić information content (AvgIpc) is 2.86. The number of fused-ring (bicyclic) bond motifs is 1. The minimum absolute atomic E-state index is 0.00511. The molecule has 0 amide bonds. The van der Waals surface area contributed by atoms with Crippen molar-refractivity contribution < 1.29 is 36.6 Å². The molecule has 0 unspecified atom stereocenters. The van der Waals surface area contributed by atoms with Gasteiger partial charge in [0.25, 0.3) is 5.76 Å². The van der Waals surface area contributed by atoms with Crippen LogP contribution >= 0.6 is 11.6 Å². The lowest BCUT2D eigenvalue weighted by Crippen LogP contribution is -2.16. The number of hydrogen-bond donors (Lipinski definition) is 0. The van der Waals surface area contributed by atoms with E-state index in [-0.39, 0.29) is 29.1 Å². The van der Waals surface area contributed by atoms with Gasteiger partial charge in [-0.15, -0.1) is 0 Å². The molecule has 1 aromatic heterocycles. The van der Waals surface area contributed by atoms with Gasteiger partial charge in [0.05, 0.1) is 5.39 Å². The summed E-state index contributed by atoms with van der Waals surface area (Å²) >= 11 is 6.11. The summed E-state index contributed by atoms with van der Waals surface area (Å²) in [4.78, 5) is 25.0. The van der Waals surface area contributed by atoms with Crippen molar-refractivity contribution in [1.29, 1.82) is 0 Å². The molecular formula is C27H20ClF3O6. The molecule has 1 heterocycles. The van der Waals surface area contributed by atoms with Gasteiger partial charge in [0.1, 0.15) is 23.7 Å². The van der Waals surface area contributed by atoms with Crippen LogP contribution in [0.5, 0.6) is 17.2 Å². The normalized spacial score (nSPS) is 11.4. The zero-order valence-electron chi connectivity index (χ0n) is 19.6. The Labute approximate surface area is 214 Å². The standard InChI is InChI=1S/C27H20ClF3O6/c1-15-10-19(11-16(2)23(15)28)36-25-24(33)20-9-8-18(12-21(20)37-26(25)27(29,30)31)34-14-22(32)35-13-17-6-4-3-5-7-17/h3-12H,13-14H2,1-2H3. The van der Waals surface area contributed by atoms with Gasteiger partial charge in [0, 0.05) is 11.1 Å². The Bertz CT molecular complexity index is 1490. The van der Waals surface area contributed by atoms with E-state index in [1.165, 1.54) is 24.3 Å². The molecule has 0 bridgehead atoms. The van der Waals surface area contributed by atoms with E-state index in [4.69, 9.17) is 30.2 Å². The molecule has 0 saturated carbocycles. The number of carbonyl (C=O) groups excluding carboxylic acids is 1. The number of benzene rings is 3. The maximum atomic E-state index is 13.8. The Hall–Kier alpha value is -3.98. The van der Waals surface area contributed by atoms with Crippen LogP contribution in [0.15, 0.2) is 69.9 Å². The van der Waals surface area contributed by atoms with Gasteiger partial charge < -0.3 is 18.6 Å². The zero-order valence-corrected chi connectivity index (χ0v) is 20.4. The van der Waals surface area contributed by atoms with Gasteiger partial charge in [-0.2, -0.15) is 13.2 Å². The lowest BCUT2D eigenvalue weighted by molar-refractivity contribution is -0.154. The summed E-state index contributed by atoms with van der Waals surface area (Å²) in [5.41, 5.74) is 0.514. The lowest BCUT2D eigenvalue weighted by atomic mass is 10.1. The van der Waals surface area contributed by atoms with Crippen molar-refractivity contribution in [2.45, 2.75) is 26.6 Å². The number of alkyl halides is 3. The van der Waals surface area contributed by atoms with Gasteiger partial charge >= 0.3 is 12.1 Å². The number of carbonyl (C=O) groups is 1. The predicted octanol–water partition coefficient (Wildman–Crippen LogP) is 7.00. The molecule has 3 aromatic carbocycles. The summed E-state index contributed by atoms with van der Waals surface area (Å²) in [5, 5.41) is 0.273. The summed E-state index contributed by atoms with van der Waals surface area (Å²) in [6, 6.07) is 15.5. The first-order valence-corrected chi connectivity index (χ1v) is 11.4. The maximum Gasteiger partial charge on any atom is 0.453 e. The molecule has 37 heavy (non-hydrogen) atoms. The molecule has 4 aromatic rings. The van der Waals surface area contributed by atoms with Gasteiger partial charge in [-0.1, -0.05) is 41.9 Å². The van der Waals surface area contributed by atoms with Crippen LogP contribution < -0.4 is 14.9 Å². The first-order chi connectivity index (χ1) is 17.5. The van der Waals surface area contributed by atoms with Gasteiger partial charge in [0.15, 0.2) is 6.61 Å². The highest BCUT2D eigenvalue weighted by Crippen LogP contribution is 2.39. The van der Waals surface area contributed by atoms with E-state index in [0.717, 1.165) is 11.6 Å². The fourth-order valence-electron chi connectivity index (χ4n) is 3.53. The van der Waals surface area contributed by atoms with Crippen molar-refractivity contribution in [3.8, 4) is 17.2 Å². The van der Waals surface area contributed by atoms with Gasteiger partial charge in [0.2, 0.25) is 11.2 Å². The fraction of sp³-hybridized carbons (Fsp3) is 0.185. The number of esters is 1. The molecule has 0 atom stereocenters. The van der Waals surface area contributed by atoms with Crippen LogP contribution in [-0.2, 0) is 22.3 Å². The quantitative estimate of drug-likeness (QED) is 0.239. The molecule has 0 fully saturated rings. The topological polar surface area (TPSA) is 75.0 Å². The van der Waals surface area contributed by atoms with Crippen LogP contribution in [0.3, 0.4) is 0 Å². The van der Waals surface area contributed by atoms with Crippen LogP contribution in [-0.4, -0.2) is 12.6 Å². The Kier molecular flexibility index (Phi) is 7.45. The number of ether oxygens (including phenoxy) is 3. The van der Waals surface area contributed by atoms with Crippen molar-refractivity contribution in [3.63, 3.8) is 0 Å². The molecule has 0 spiro atoms. The zero-order chi connectivity index (χ0) is 26.7. The number of aryl methyl sites for hydroxylation is 2. The van der Waals surface area contributed by atoms with Crippen molar-refractivity contribution in [2.24, 2.45) is 0 Å². The molecule has 0 radical (unpaired) electrons. The SMILES string of the molecule is Cc1cc(Oc2c(C(F)(F)F)oc3cc(OCC(=O)OCc4ccccc4)ccc3c2=O)cc(C)c1Cl. The van der Waals surface area contributed by atoms with E-state index in [2.05, 4.69) is 0 Å². The van der Waals surface area contributed by atoms with Crippen LogP contribution in [0.25, 0.3) is 11.0 Å². The van der Waals surface area contributed by atoms with E-state index in [0.29, 0.717) is 16.1 Å². The van der Waals surface area contributed by atoms with E-state index >= 15 is 0 Å². The Morgan fingerprint density at radius 1 is 0.973 bits per heavy atom. The molecule has 192 valence electrons. The predicted molar refractivity (Wildman–Crippen MR) is 130 cm³/mol. The second-order valence-electron chi connectivity index (χ2n) is 8.15. The molecule has 6 nitrogen and oxygen atoms in total. The number of hydrogen-bond acceptors (Lipinski definition) is 6. The summed E-state index contributed by atoms with van der Waals surface area (Å²) in [6.07, 6.45) is -5.03. The largest absolute Gasteiger partial charge is 0.482 e. The Morgan fingerprint density at radius 3 is 2.30 bits per heavy atom. The first kappa shape index (κ1) is 26.1. The van der Waals surface area contributed by atoms with E-state index in [1.807, 2.05) is 6.07 Å². The van der Waals surface area contributed by atoms with Gasteiger partial charge in [-0.05, 0) is 54.8 Å². The van der Waals surface area contributed by atoms with Crippen molar-refractivity contribution in [1.82, 2.24) is 0 Å². The van der Waals surface area contributed by atoms with E-state index in [9.17, 15) is 22.8 Å². The third-order valence-electron chi connectivity index (χ3n) is 5.31. The smallest absolute Gasteiger partial charge is 0.453 e. The molecule has 0 aliphatic heterocycles. The maximum absolute atomic E-state index is 13.8. The van der Waals surface area contributed by atoms with E-state index < -0.39 is 35.7 Å². The van der Waals surface area contributed by atoms with Crippen molar-refractivity contribution in [2.75, 3.05) is 6.61 Å². The minimum atomic E-state index is -5.03. The van der Waals surface area contributed by atoms with Crippen molar-refractivity contribution >= 4 is 28.5 Å². The molecule has 0 aliphatic carbocycles. The van der Waals surface area contributed by atoms with Crippen LogP contribution in [0.1, 0.15) is 22.5 Å². The highest BCUT2D eigenvalue weighted by Gasteiger charge is 2.40. The van der Waals surface area contributed by atoms with Gasteiger partial charge in [-0.3, -0.25) is 4.79 Å². The summed E-state index contributed by atoms with van der Waals surface area (Å²) in [5.74, 6) is -3.27. The molecular weight excluding hydrogens is 513 g/mol. The minimum Gasteiger partial charge on any atom is -0.482 e. The second-order valence-corrected chi connectivity index (χ2v) is 8.53. The molecule has 10 heteroatoms. The Morgan fingerprint density at radius 2 is 1.65 bits per heavy atom. The van der Waals surface area contributed by atoms with Crippen molar-refractivity contribution in [3.05, 3.63) is 98.4 Å². The number of halogens is 4. The third-order valence-corrected chi connectivity index (χ3v) is 5.91. The third kappa shape index (κ3) is 6.06. The number of rotatable bonds is 7. The lowest BCUT2D eigenvalue weighted by Gasteiger charge is -2.15. The summed E-state index contributed by atoms with van der Waals surface area (Å²) in [6.45, 7) is 2.87. The molecule has 0 aliphatic rings. The molecule has 0 N–H and O–H groups in total. The van der Waals surface area contributed by atoms with Gasteiger partial charge in [-0.25, -0.2) is 4.79 Å². The second kappa shape index (κ2) is 10.6. The van der Waals surface area contributed by atoms with Crippen LogP contribution in [0.4, 0.5) is 13.2 Å². The van der Waals surface area contributed by atoms with E-state index in [1.54, 1.807) is 38.1 Å². The summed E-state index contributed by atoms with van der Waals surface area (Å²) in [7, 11) is 0. The average molecular weight is 533 g/mol. The Balaban J connectivity index is 1.59. The van der Waals surface area contributed by atoms with Crippen LogP contribution in [0, 0.1) is 13.8 Å². The highest BCUT2D eigenvalue weighted by atomic mass is 35.5. The highest BCUT2D eigenvalue weighted by molar-refractivity contribution is 6.32. The first-order valence-electron chi connectivity index (χ1n) is 11.0. The monoisotopic (exact) mass is 532 g/mol. The fourth-order valence-corrected chi connectivity index (χ4v) is 3.64. The molecule has 4 rings (SSSR count). The van der Waals surface area contributed by atoms with Crippen LogP contribution in [0.2, 0.25) is 5.02 Å². The summed E-state index contributed by atoms with van der Waals surface area (Å²) < 4.78 is 62.4.